The van der Waals surface area contributed by atoms with E-state index >= 15 is 0 Å². The van der Waals surface area contributed by atoms with Crippen molar-refractivity contribution < 1.29 is 13.2 Å². The first-order valence-electron chi connectivity index (χ1n) is 5.75. The number of aromatic nitrogens is 1. The van der Waals surface area contributed by atoms with Crippen molar-refractivity contribution in [3.63, 3.8) is 0 Å². The molecule has 0 spiro atoms. The summed E-state index contributed by atoms with van der Waals surface area (Å²) in [5.74, 6) is 1.10. The molecule has 0 atom stereocenters. The molecule has 2 saturated heterocycles. The third kappa shape index (κ3) is 3.43. The zero-order valence-corrected chi connectivity index (χ0v) is 9.45. The van der Waals surface area contributed by atoms with Crippen molar-refractivity contribution in [2.45, 2.75) is 19.0 Å². The van der Waals surface area contributed by atoms with Gasteiger partial charge in [0.1, 0.15) is 0 Å². The summed E-state index contributed by atoms with van der Waals surface area (Å²) in [5.41, 5.74) is -0.713. The second-order valence-electron chi connectivity index (χ2n) is 4.48. The van der Waals surface area contributed by atoms with Gasteiger partial charge in [-0.25, -0.2) is 0 Å². The Morgan fingerprint density at radius 3 is 2.18 bits per heavy atom. The second-order valence-corrected chi connectivity index (χ2v) is 4.48. The van der Waals surface area contributed by atoms with Crippen LogP contribution in [0.4, 0.5) is 13.2 Å². The van der Waals surface area contributed by atoms with Crippen LogP contribution < -0.4 is 0 Å². The minimum Gasteiger partial charge on any atom is -0.303 e. The van der Waals surface area contributed by atoms with Gasteiger partial charge < -0.3 is 4.90 Å². The van der Waals surface area contributed by atoms with Gasteiger partial charge in [-0.15, -0.1) is 0 Å². The average molecular weight is 244 g/mol. The lowest BCUT2D eigenvalue weighted by atomic mass is 10.1. The standard InChI is InChI=1S/C6H4F3N.C6H11N/c7-6(8,9)5-2-1-3-10-4-5;1-3-7-4-2-6(1)5-7/h1-4H;6H,1-5H2. The van der Waals surface area contributed by atoms with E-state index in [2.05, 4.69) is 9.88 Å². The van der Waals surface area contributed by atoms with Crippen LogP contribution in [0.2, 0.25) is 0 Å². The van der Waals surface area contributed by atoms with Crippen LogP contribution in [0.15, 0.2) is 24.5 Å². The maximum absolute atomic E-state index is 11.7. The van der Waals surface area contributed by atoms with Crippen LogP contribution in [0, 0.1) is 5.92 Å². The fraction of sp³-hybridized carbons (Fsp3) is 0.583. The lowest BCUT2D eigenvalue weighted by molar-refractivity contribution is -0.137. The van der Waals surface area contributed by atoms with Gasteiger partial charge in [-0.1, -0.05) is 0 Å². The van der Waals surface area contributed by atoms with Crippen LogP contribution in [0.25, 0.3) is 0 Å². The molecule has 0 radical (unpaired) electrons. The Morgan fingerprint density at radius 1 is 1.24 bits per heavy atom. The molecule has 1 aromatic rings. The van der Waals surface area contributed by atoms with E-state index in [9.17, 15) is 13.2 Å². The van der Waals surface area contributed by atoms with Gasteiger partial charge in [0, 0.05) is 18.9 Å². The van der Waals surface area contributed by atoms with Crippen LogP contribution in [0.3, 0.4) is 0 Å². The van der Waals surface area contributed by atoms with Crippen molar-refractivity contribution in [1.82, 2.24) is 9.88 Å². The number of hydrogen-bond acceptors (Lipinski definition) is 2. The Balaban J connectivity index is 0.000000134. The molecule has 2 aliphatic rings. The van der Waals surface area contributed by atoms with Crippen molar-refractivity contribution in [1.29, 1.82) is 0 Å². The summed E-state index contributed by atoms with van der Waals surface area (Å²) in [6, 6.07) is 2.23. The van der Waals surface area contributed by atoms with Gasteiger partial charge in [0.05, 0.1) is 5.56 Å². The third-order valence-electron chi connectivity index (χ3n) is 3.21. The first-order valence-corrected chi connectivity index (χ1v) is 5.75. The van der Waals surface area contributed by atoms with Gasteiger partial charge in [0.15, 0.2) is 0 Å². The van der Waals surface area contributed by atoms with E-state index in [0.29, 0.717) is 0 Å². The van der Waals surface area contributed by atoms with E-state index in [-0.39, 0.29) is 0 Å². The fourth-order valence-corrected chi connectivity index (χ4v) is 2.25. The summed E-state index contributed by atoms with van der Waals surface area (Å²) in [5, 5.41) is 0. The van der Waals surface area contributed by atoms with E-state index in [1.54, 1.807) is 0 Å². The van der Waals surface area contributed by atoms with Crippen molar-refractivity contribution in [2.75, 3.05) is 19.6 Å². The van der Waals surface area contributed by atoms with Gasteiger partial charge >= 0.3 is 6.18 Å². The molecule has 0 N–H and O–H groups in total. The highest BCUT2D eigenvalue weighted by Crippen LogP contribution is 2.27. The Bertz CT molecular complexity index is 333. The molecular weight excluding hydrogens is 229 g/mol. The van der Waals surface area contributed by atoms with E-state index in [0.717, 1.165) is 18.2 Å². The normalized spacial score (nSPS) is 26.5. The van der Waals surface area contributed by atoms with Crippen molar-refractivity contribution in [3.05, 3.63) is 30.1 Å². The van der Waals surface area contributed by atoms with Gasteiger partial charge in [0.2, 0.25) is 0 Å². The maximum Gasteiger partial charge on any atom is 0.417 e. The van der Waals surface area contributed by atoms with E-state index in [1.165, 1.54) is 44.7 Å². The van der Waals surface area contributed by atoms with Gasteiger partial charge in [-0.3, -0.25) is 4.98 Å². The molecule has 3 rings (SSSR count). The summed E-state index contributed by atoms with van der Waals surface area (Å²) in [4.78, 5) is 5.89. The molecule has 5 heteroatoms. The molecule has 2 aliphatic heterocycles. The lowest BCUT2D eigenvalue weighted by Crippen LogP contribution is -2.15. The average Bonchev–Trinajstić information content (AvgIpc) is 2.94. The Kier molecular flexibility index (Phi) is 3.66. The van der Waals surface area contributed by atoms with Crippen molar-refractivity contribution in [2.24, 2.45) is 5.92 Å². The Labute approximate surface area is 98.5 Å². The fourth-order valence-electron chi connectivity index (χ4n) is 2.25. The highest BCUT2D eigenvalue weighted by Gasteiger charge is 2.30. The van der Waals surface area contributed by atoms with Gasteiger partial charge in [-0.2, -0.15) is 13.2 Å². The van der Waals surface area contributed by atoms with Crippen LogP contribution >= 0.6 is 0 Å². The predicted octanol–water partition coefficient (Wildman–Crippen LogP) is 2.81. The monoisotopic (exact) mass is 244 g/mol. The largest absolute Gasteiger partial charge is 0.417 e. The minimum atomic E-state index is -4.27. The number of pyridine rings is 1. The number of nitrogens with zero attached hydrogens (tertiary/aromatic N) is 2. The van der Waals surface area contributed by atoms with Crippen LogP contribution in [0.1, 0.15) is 18.4 Å². The van der Waals surface area contributed by atoms with Crippen LogP contribution in [-0.4, -0.2) is 29.5 Å². The molecule has 94 valence electrons. The summed E-state index contributed by atoms with van der Waals surface area (Å²) in [6.07, 6.45) is 0.795. The zero-order chi connectivity index (χ0) is 12.3. The first-order chi connectivity index (χ1) is 8.05. The molecule has 2 fully saturated rings. The molecule has 0 amide bonds. The number of fused-ring (bicyclic) bond motifs is 2. The van der Waals surface area contributed by atoms with Crippen LogP contribution in [-0.2, 0) is 6.18 Å². The maximum atomic E-state index is 11.7. The highest BCUT2D eigenvalue weighted by molar-refractivity contribution is 5.11. The Morgan fingerprint density at radius 2 is 1.94 bits per heavy atom. The minimum absolute atomic E-state index is 0.713. The summed E-state index contributed by atoms with van der Waals surface area (Å²) >= 11 is 0. The van der Waals surface area contributed by atoms with Crippen LogP contribution in [0.5, 0.6) is 0 Å². The van der Waals surface area contributed by atoms with Crippen molar-refractivity contribution in [3.8, 4) is 0 Å². The quantitative estimate of drug-likeness (QED) is 0.697. The predicted molar refractivity (Wildman–Crippen MR) is 58.4 cm³/mol. The number of hydrogen-bond donors (Lipinski definition) is 0. The summed E-state index contributed by atoms with van der Waals surface area (Å²) in [7, 11) is 0. The lowest BCUT2D eigenvalue weighted by Gasteiger charge is -2.09. The van der Waals surface area contributed by atoms with E-state index in [4.69, 9.17) is 0 Å². The van der Waals surface area contributed by atoms with Gasteiger partial charge in [0.25, 0.3) is 0 Å². The summed E-state index contributed by atoms with van der Waals surface area (Å²) < 4.78 is 35.2. The molecule has 17 heavy (non-hydrogen) atoms. The Hall–Kier alpha value is -1.10. The highest BCUT2D eigenvalue weighted by atomic mass is 19.4. The molecule has 1 aromatic heterocycles. The topological polar surface area (TPSA) is 16.1 Å². The molecule has 0 saturated carbocycles. The second kappa shape index (κ2) is 5.04. The van der Waals surface area contributed by atoms with Gasteiger partial charge in [-0.05, 0) is 44.0 Å². The molecule has 0 aliphatic carbocycles. The zero-order valence-electron chi connectivity index (χ0n) is 9.45. The first kappa shape index (κ1) is 12.4. The number of piperidine rings is 1. The SMILES string of the molecule is C1CN2CCC1C2.FC(F)(F)c1cccnc1. The molecular formula is C12H15F3N2. The van der Waals surface area contributed by atoms with Crippen molar-refractivity contribution >= 4 is 0 Å². The van der Waals surface area contributed by atoms with E-state index in [1.807, 2.05) is 0 Å². The number of alkyl halides is 3. The smallest absolute Gasteiger partial charge is 0.303 e. The third-order valence-corrected chi connectivity index (χ3v) is 3.21. The number of rotatable bonds is 0. The molecule has 0 unspecified atom stereocenters. The number of halogens is 3. The summed E-state index contributed by atoms with van der Waals surface area (Å²) in [6.45, 7) is 4.20. The molecule has 2 bridgehead atoms. The molecule has 2 nitrogen and oxygen atoms in total. The molecule has 3 heterocycles. The van der Waals surface area contributed by atoms with E-state index < -0.39 is 11.7 Å². The molecule has 0 aromatic carbocycles.